The van der Waals surface area contributed by atoms with Gasteiger partial charge in [0.25, 0.3) is 0 Å². The van der Waals surface area contributed by atoms with E-state index in [1.807, 2.05) is 22.1 Å². The van der Waals surface area contributed by atoms with Gasteiger partial charge in [-0.15, -0.1) is 0 Å². The van der Waals surface area contributed by atoms with Crippen LogP contribution in [0.5, 0.6) is 0 Å². The fourth-order valence-electron chi connectivity index (χ4n) is 9.44. The minimum atomic E-state index is -0.665. The maximum atomic E-state index is 13.8. The molecule has 9 rings (SSSR count). The van der Waals surface area contributed by atoms with Crippen molar-refractivity contribution in [2.24, 2.45) is 0 Å². The van der Waals surface area contributed by atoms with E-state index in [9.17, 15) is 14.4 Å². The molecule has 0 radical (unpaired) electrons. The van der Waals surface area contributed by atoms with E-state index in [1.54, 1.807) is 0 Å². The summed E-state index contributed by atoms with van der Waals surface area (Å²) in [6.07, 6.45) is 7.12. The number of fused-ring (bicyclic) bond motifs is 4. The van der Waals surface area contributed by atoms with Crippen LogP contribution >= 0.6 is 0 Å². The highest BCUT2D eigenvalue weighted by molar-refractivity contribution is 5.86. The summed E-state index contributed by atoms with van der Waals surface area (Å²) in [6, 6.07) is 24.2. The Hall–Kier alpha value is -5.83. The molecule has 0 saturated carbocycles. The van der Waals surface area contributed by atoms with Crippen LogP contribution in [0.4, 0.5) is 4.79 Å². The Morgan fingerprint density at radius 3 is 2.24 bits per heavy atom. The minimum Gasteiger partial charge on any atom is -0.453 e. The number of benzene rings is 3. The average molecular weight is 841 g/mol. The average Bonchev–Trinajstić information content (AvgIpc) is 4.15. The number of amides is 3. The van der Waals surface area contributed by atoms with Crippen LogP contribution in [0, 0.1) is 0 Å². The number of rotatable bonds is 9. The molecule has 2 aromatic heterocycles. The maximum absolute atomic E-state index is 13.8. The SMILES string of the molecule is COC(=O)N[C@H]1CCCCOCc2[nH]c(nc2-c2ccc(-c3ccc(-c4cnc([C@@H]5CCCN5C(=O)Cc5ccccc5CN5CCOCC5)[nH]4)cc3)cc2)[C@@H]2CCCN2C1=O. The van der Waals surface area contributed by atoms with Crippen molar-refractivity contribution in [3.8, 4) is 33.6 Å². The number of imidazole rings is 2. The Bertz CT molecular complexity index is 2340. The van der Waals surface area contributed by atoms with E-state index in [0.717, 1.165) is 134 Å². The smallest absolute Gasteiger partial charge is 0.407 e. The van der Waals surface area contributed by atoms with Gasteiger partial charge in [-0.1, -0.05) is 72.8 Å². The summed E-state index contributed by atoms with van der Waals surface area (Å²) >= 11 is 0. The molecule has 62 heavy (non-hydrogen) atoms. The number of carbonyl (C=O) groups is 3. The lowest BCUT2D eigenvalue weighted by Gasteiger charge is -2.28. The second kappa shape index (κ2) is 19.1. The topological polar surface area (TPSA) is 158 Å². The molecule has 0 spiro atoms. The number of carbonyl (C=O) groups excluding carboxylic acids is 3. The van der Waals surface area contributed by atoms with Crippen molar-refractivity contribution >= 4 is 17.9 Å². The third-order valence-electron chi connectivity index (χ3n) is 12.8. The van der Waals surface area contributed by atoms with Gasteiger partial charge in [-0.2, -0.15) is 0 Å². The summed E-state index contributed by atoms with van der Waals surface area (Å²) in [7, 11) is 1.31. The highest BCUT2D eigenvalue weighted by Crippen LogP contribution is 2.36. The van der Waals surface area contributed by atoms with Crippen LogP contribution in [0.3, 0.4) is 0 Å². The fraction of sp³-hybridized carbons (Fsp3) is 0.438. The number of hydrogen-bond acceptors (Lipinski definition) is 9. The number of hydrogen-bond donors (Lipinski definition) is 3. The van der Waals surface area contributed by atoms with Gasteiger partial charge >= 0.3 is 6.09 Å². The Morgan fingerprint density at radius 1 is 0.758 bits per heavy atom. The quantitative estimate of drug-likeness (QED) is 0.143. The number of methoxy groups -OCH3 is 1. The van der Waals surface area contributed by atoms with Gasteiger partial charge in [0.15, 0.2) is 0 Å². The molecule has 14 nitrogen and oxygen atoms in total. The van der Waals surface area contributed by atoms with Crippen molar-refractivity contribution in [1.29, 1.82) is 0 Å². The highest BCUT2D eigenvalue weighted by atomic mass is 16.5. The second-order valence-corrected chi connectivity index (χ2v) is 16.8. The molecule has 4 aliphatic heterocycles. The van der Waals surface area contributed by atoms with Crippen LogP contribution in [-0.4, -0.2) is 112 Å². The Morgan fingerprint density at radius 2 is 1.47 bits per heavy atom. The van der Waals surface area contributed by atoms with Crippen molar-refractivity contribution < 1.29 is 28.6 Å². The molecule has 0 unspecified atom stereocenters. The van der Waals surface area contributed by atoms with Gasteiger partial charge in [-0.25, -0.2) is 14.8 Å². The monoisotopic (exact) mass is 840 g/mol. The molecular formula is C48H56N8O6. The predicted octanol–water partition coefficient (Wildman–Crippen LogP) is 6.96. The number of ether oxygens (including phenoxy) is 3. The maximum Gasteiger partial charge on any atom is 0.407 e. The van der Waals surface area contributed by atoms with Crippen molar-refractivity contribution in [2.45, 2.75) is 82.6 Å². The predicted molar refractivity (Wildman–Crippen MR) is 233 cm³/mol. The standard InChI is InChI=1S/C48H56N8O6/c1-60-48(59)52-38-10-4-5-25-62-31-40-44(53-46(51-40)42-12-7-22-56(42)47(38)58)35-19-15-33(16-20-35)32-13-17-34(18-14-32)39-29-49-45(50-39)41-11-6-21-55(41)43(57)28-36-8-2-3-9-37(36)30-54-23-26-61-27-24-54/h2-3,8-9,13-20,29,38,41-42H,4-7,10-12,21-28,30-31H2,1H3,(H,49,50)(H,51,53)(H,52,59)/t38-,41-,42-/m0/s1. The molecule has 6 heterocycles. The molecule has 3 aromatic carbocycles. The highest BCUT2D eigenvalue weighted by Gasteiger charge is 2.37. The molecule has 2 bridgehead atoms. The van der Waals surface area contributed by atoms with E-state index >= 15 is 0 Å². The number of aromatic nitrogens is 4. The molecule has 3 atom stereocenters. The zero-order valence-electron chi connectivity index (χ0n) is 35.4. The van der Waals surface area contributed by atoms with Crippen LogP contribution in [-0.2, 0) is 43.4 Å². The number of H-pyrrole nitrogens is 2. The zero-order valence-corrected chi connectivity index (χ0v) is 35.4. The summed E-state index contributed by atoms with van der Waals surface area (Å²) in [5.41, 5.74) is 9.06. The van der Waals surface area contributed by atoms with Crippen molar-refractivity contribution in [3.63, 3.8) is 0 Å². The van der Waals surface area contributed by atoms with Crippen LogP contribution in [0.1, 0.15) is 85.5 Å². The first-order valence-electron chi connectivity index (χ1n) is 22.2. The molecule has 3 saturated heterocycles. The van der Waals surface area contributed by atoms with E-state index in [2.05, 4.69) is 86.9 Å². The first-order chi connectivity index (χ1) is 30.4. The molecule has 3 N–H and O–H groups in total. The van der Waals surface area contributed by atoms with E-state index < -0.39 is 12.1 Å². The molecular weight excluding hydrogens is 785 g/mol. The first kappa shape index (κ1) is 41.5. The van der Waals surface area contributed by atoms with E-state index in [-0.39, 0.29) is 23.9 Å². The minimum absolute atomic E-state index is 0.0776. The van der Waals surface area contributed by atoms with Crippen LogP contribution in [0.15, 0.2) is 79.0 Å². The lowest BCUT2D eigenvalue weighted by atomic mass is 10.0. The molecule has 5 aromatic rings. The van der Waals surface area contributed by atoms with Crippen molar-refractivity contribution in [1.82, 2.24) is 40.0 Å². The lowest BCUT2D eigenvalue weighted by molar-refractivity contribution is -0.134. The number of aromatic amines is 2. The molecule has 0 aliphatic carbocycles. The first-order valence-corrected chi connectivity index (χ1v) is 22.2. The number of nitrogens with zero attached hydrogens (tertiary/aromatic N) is 5. The van der Waals surface area contributed by atoms with Gasteiger partial charge < -0.3 is 39.3 Å². The van der Waals surface area contributed by atoms with Gasteiger partial charge in [0, 0.05) is 44.9 Å². The molecule has 4 aliphatic rings. The van der Waals surface area contributed by atoms with Crippen molar-refractivity contribution in [2.75, 3.05) is 53.1 Å². The van der Waals surface area contributed by atoms with Gasteiger partial charge in [0.05, 0.1) is 68.7 Å². The van der Waals surface area contributed by atoms with Gasteiger partial charge in [0.2, 0.25) is 11.8 Å². The normalized spacial score (nSPS) is 21.2. The number of nitrogens with one attached hydrogen (secondary N) is 3. The Balaban J connectivity index is 0.866. The Kier molecular flexibility index (Phi) is 12.8. The summed E-state index contributed by atoms with van der Waals surface area (Å²) in [6.45, 7) is 6.39. The summed E-state index contributed by atoms with van der Waals surface area (Å²) in [5, 5.41) is 2.76. The van der Waals surface area contributed by atoms with E-state index in [1.165, 1.54) is 12.7 Å². The second-order valence-electron chi connectivity index (χ2n) is 16.8. The third kappa shape index (κ3) is 9.18. The van der Waals surface area contributed by atoms with Crippen LogP contribution in [0.25, 0.3) is 33.6 Å². The summed E-state index contributed by atoms with van der Waals surface area (Å²) < 4.78 is 16.5. The number of alkyl carbamates (subject to hydrolysis) is 1. The zero-order chi connectivity index (χ0) is 42.4. The molecule has 14 heteroatoms. The summed E-state index contributed by atoms with van der Waals surface area (Å²) in [4.78, 5) is 62.9. The molecule has 3 fully saturated rings. The number of morpholine rings is 1. The lowest BCUT2D eigenvalue weighted by Crippen LogP contribution is -2.48. The van der Waals surface area contributed by atoms with Gasteiger partial charge in [-0.3, -0.25) is 14.5 Å². The number of likely N-dealkylation sites (tertiary alicyclic amines) is 1. The van der Waals surface area contributed by atoms with Gasteiger partial charge in [0.1, 0.15) is 17.7 Å². The van der Waals surface area contributed by atoms with E-state index in [0.29, 0.717) is 32.6 Å². The fourth-order valence-corrected chi connectivity index (χ4v) is 9.44. The van der Waals surface area contributed by atoms with Crippen LogP contribution < -0.4 is 5.32 Å². The Labute approximate surface area is 362 Å². The van der Waals surface area contributed by atoms with Gasteiger partial charge in [-0.05, 0) is 72.8 Å². The summed E-state index contributed by atoms with van der Waals surface area (Å²) in [5.74, 6) is 1.59. The molecule has 324 valence electrons. The van der Waals surface area contributed by atoms with Crippen molar-refractivity contribution in [3.05, 3.63) is 107 Å². The van der Waals surface area contributed by atoms with Crippen LogP contribution in [0.2, 0.25) is 0 Å². The molecule has 3 amide bonds. The van der Waals surface area contributed by atoms with E-state index in [4.69, 9.17) is 24.2 Å². The largest absolute Gasteiger partial charge is 0.453 e. The third-order valence-corrected chi connectivity index (χ3v) is 12.8.